The Bertz CT molecular complexity index is 1820. The highest BCUT2D eigenvalue weighted by Crippen LogP contribution is 2.39. The van der Waals surface area contributed by atoms with Crippen LogP contribution in [0.5, 0.6) is 0 Å². The fourth-order valence-electron chi connectivity index (χ4n) is 6.51. The van der Waals surface area contributed by atoms with Crippen LogP contribution in [0, 0.1) is 19.7 Å². The summed E-state index contributed by atoms with van der Waals surface area (Å²) >= 11 is 0. The number of nitrogens with zero attached hydrogens (tertiary/aromatic N) is 2. The van der Waals surface area contributed by atoms with Gasteiger partial charge in [-0.25, -0.2) is 14.1 Å². The van der Waals surface area contributed by atoms with E-state index in [-0.39, 0.29) is 124 Å². The van der Waals surface area contributed by atoms with Crippen molar-refractivity contribution in [1.82, 2.24) is 20.5 Å². The summed E-state index contributed by atoms with van der Waals surface area (Å²) in [5.41, 5.74) is 2.47. The van der Waals surface area contributed by atoms with Crippen LogP contribution in [0.3, 0.4) is 0 Å². The third kappa shape index (κ3) is 21.5. The van der Waals surface area contributed by atoms with Crippen LogP contribution in [-0.4, -0.2) is 152 Å². The Labute approximate surface area is 397 Å². The number of hydrogen-bond donors (Lipinski definition) is 3. The molecule has 0 bridgehead atoms. The van der Waals surface area contributed by atoms with Crippen LogP contribution in [0.15, 0.2) is 18.2 Å². The Morgan fingerprint density at radius 2 is 1.40 bits per heavy atom. The predicted molar refractivity (Wildman–Crippen MR) is 257 cm³/mol. The molecule has 0 saturated carbocycles. The molecule has 18 nitrogen and oxygen atoms in total. The smallest absolute Gasteiger partial charge is 0.421 e. The number of ether oxygens (including phenoxy) is 7. The number of benzene rings is 1. The number of aryl methyl sites for hydroxylation is 1. The summed E-state index contributed by atoms with van der Waals surface area (Å²) in [6.45, 7) is 11.3. The highest BCUT2D eigenvalue weighted by atomic mass is 19.1. The van der Waals surface area contributed by atoms with E-state index in [0.717, 1.165) is 30.1 Å². The molecule has 2 heterocycles. The lowest BCUT2D eigenvalue weighted by molar-refractivity contribution is -0.155. The van der Waals surface area contributed by atoms with Crippen molar-refractivity contribution < 1.29 is 66.3 Å². The Morgan fingerprint density at radius 3 is 2.00 bits per heavy atom. The fraction of sp³-hybridized carbons (Fsp3) is 0.625. The summed E-state index contributed by atoms with van der Waals surface area (Å²) in [5.74, 6) is -2.72. The van der Waals surface area contributed by atoms with Crippen molar-refractivity contribution in [1.29, 1.82) is 0 Å². The van der Waals surface area contributed by atoms with Gasteiger partial charge in [-0.1, -0.05) is 43.6 Å². The molecule has 3 N–H and O–H groups in total. The van der Waals surface area contributed by atoms with Crippen LogP contribution < -0.4 is 15.5 Å². The highest BCUT2D eigenvalue weighted by molar-refractivity contribution is 6.41. The van der Waals surface area contributed by atoms with Gasteiger partial charge in [-0.3, -0.25) is 24.0 Å². The first-order valence-corrected chi connectivity index (χ1v) is 21.3. The van der Waals surface area contributed by atoms with Crippen LogP contribution in [0.25, 0.3) is 11.6 Å². The number of aromatic nitrogens is 1. The molecule has 0 aliphatic carbocycles. The van der Waals surface area contributed by atoms with Gasteiger partial charge in [0.1, 0.15) is 31.7 Å². The minimum Gasteiger partial charge on any atom is -0.463 e. The van der Waals surface area contributed by atoms with E-state index in [1.165, 1.54) is 26.4 Å². The molecule has 382 valence electrons. The van der Waals surface area contributed by atoms with Crippen molar-refractivity contribution in [2.45, 2.75) is 102 Å². The van der Waals surface area contributed by atoms with E-state index in [9.17, 15) is 33.2 Å². The van der Waals surface area contributed by atoms with Gasteiger partial charge < -0.3 is 53.7 Å². The summed E-state index contributed by atoms with van der Waals surface area (Å²) in [4.78, 5) is 82.7. The molecule has 1 aliphatic heterocycles. The van der Waals surface area contributed by atoms with E-state index in [2.05, 4.69) is 34.4 Å². The molecule has 1 aromatic carbocycles. The maximum absolute atomic E-state index is 14.5. The predicted octanol–water partition coefficient (Wildman–Crippen LogP) is 6.65. The number of anilines is 1. The number of methoxy groups -OCH3 is 2. The van der Waals surface area contributed by atoms with E-state index < -0.39 is 35.9 Å². The molecule has 1 aromatic heterocycles. The largest absolute Gasteiger partial charge is 0.463 e. The molecule has 0 atom stereocenters. The van der Waals surface area contributed by atoms with Gasteiger partial charge in [-0.2, -0.15) is 0 Å². The number of esters is 2. The first kappa shape index (κ1) is 63.9. The number of fused-ring (bicyclic) bond motifs is 1. The standard InChI is InChI=1S/C44H64FN5O13.4CH4/c1-7-49(8-2)19-17-47-42(54)41-30(3)36(48-31(41)4)27-35-34-26-32(45)15-16-37(34)50(43(35)55)44(56)61-25-24-59-23-18-46-38(51)12-9-22-60-33(28-62-39(52)13-10-20-57-5)29-63-40(53)14-11-21-58-6;;;;/h15-16,26-27,33,48H,7-14,17-25,28-29H2,1-6H3,(H,46,51)(H,47,54);4*1H4/b35-27-;;;;. The Kier molecular flexibility index (Phi) is 33.4. The second kappa shape index (κ2) is 35.0. The molecule has 0 fully saturated rings. The number of nitrogens with one attached hydrogen (secondary N) is 3. The molecule has 3 rings (SSSR count). The molecule has 0 radical (unpaired) electrons. The van der Waals surface area contributed by atoms with Gasteiger partial charge in [0.15, 0.2) is 0 Å². The molecule has 1 aliphatic rings. The van der Waals surface area contributed by atoms with E-state index in [1.54, 1.807) is 13.8 Å². The maximum atomic E-state index is 14.5. The van der Waals surface area contributed by atoms with Crippen LogP contribution >= 0.6 is 0 Å². The molecule has 2 aromatic rings. The van der Waals surface area contributed by atoms with Crippen molar-refractivity contribution in [3.05, 3.63) is 52.1 Å². The molecule has 19 heteroatoms. The van der Waals surface area contributed by atoms with Gasteiger partial charge in [0.25, 0.3) is 11.8 Å². The van der Waals surface area contributed by atoms with E-state index in [4.69, 9.17) is 33.2 Å². The van der Waals surface area contributed by atoms with Gasteiger partial charge >= 0.3 is 18.0 Å². The molecule has 0 saturated heterocycles. The quantitative estimate of drug-likeness (QED) is 0.0324. The number of amides is 4. The minimum atomic E-state index is -0.981. The zero-order chi connectivity index (χ0) is 46.1. The van der Waals surface area contributed by atoms with Crippen LogP contribution in [0.1, 0.15) is 115 Å². The zero-order valence-corrected chi connectivity index (χ0v) is 37.4. The lowest BCUT2D eigenvalue weighted by Gasteiger charge is -2.18. The van der Waals surface area contributed by atoms with Gasteiger partial charge in [0, 0.05) is 89.9 Å². The third-order valence-electron chi connectivity index (χ3n) is 9.95. The number of carbonyl (C=O) groups excluding carboxylic acids is 6. The third-order valence-corrected chi connectivity index (χ3v) is 9.95. The van der Waals surface area contributed by atoms with Crippen molar-refractivity contribution in [3.63, 3.8) is 0 Å². The number of halogens is 1. The SMILES string of the molecule is C.C.C.C.CCN(CC)CCNC(=O)c1c(C)[nH]c(/C=C2\C(=O)N(C(=O)OCCOCCNC(=O)CCCOC(COC(=O)CCCOC)COC(=O)CCCOC)c3ccc(F)cc32)c1C. The van der Waals surface area contributed by atoms with E-state index in [1.807, 2.05) is 0 Å². The second-order valence-corrected chi connectivity index (χ2v) is 14.5. The zero-order valence-electron chi connectivity index (χ0n) is 37.4. The summed E-state index contributed by atoms with van der Waals surface area (Å²) in [6, 6.07) is 3.63. The highest BCUT2D eigenvalue weighted by Gasteiger charge is 2.38. The number of H-pyrrole nitrogens is 1. The number of rotatable bonds is 30. The van der Waals surface area contributed by atoms with E-state index >= 15 is 0 Å². The van der Waals surface area contributed by atoms with Crippen LogP contribution in [-0.2, 0) is 52.3 Å². The Morgan fingerprint density at radius 1 is 0.791 bits per heavy atom. The topological polar surface area (TPSA) is 213 Å². The lowest BCUT2D eigenvalue weighted by atomic mass is 10.0. The van der Waals surface area contributed by atoms with Crippen LogP contribution in [0.2, 0.25) is 0 Å². The molecular weight excluding hydrogens is 874 g/mol. The summed E-state index contributed by atoms with van der Waals surface area (Å²) in [5, 5.41) is 5.67. The number of aromatic amines is 1. The lowest BCUT2D eigenvalue weighted by Crippen LogP contribution is -2.35. The Balaban J connectivity index is 0. The van der Waals surface area contributed by atoms with Crippen LogP contribution in [0.4, 0.5) is 14.9 Å². The average Bonchev–Trinajstić information content (AvgIpc) is 3.70. The van der Waals surface area contributed by atoms with Crippen molar-refractivity contribution >= 4 is 53.1 Å². The van der Waals surface area contributed by atoms with Gasteiger partial charge in [-0.15, -0.1) is 0 Å². The first-order valence-electron chi connectivity index (χ1n) is 21.3. The van der Waals surface area contributed by atoms with Gasteiger partial charge in [0.2, 0.25) is 5.91 Å². The molecular formula is C48H80FN5O13. The number of imide groups is 1. The van der Waals surface area contributed by atoms with Gasteiger partial charge in [-0.05, 0) is 76.0 Å². The number of likely N-dealkylation sites (N-methyl/N-ethyl adjacent to an activating group) is 1. The fourth-order valence-corrected chi connectivity index (χ4v) is 6.51. The maximum Gasteiger partial charge on any atom is 0.421 e. The molecule has 0 unspecified atom stereocenters. The van der Waals surface area contributed by atoms with Crippen molar-refractivity contribution in [3.8, 4) is 0 Å². The van der Waals surface area contributed by atoms with Gasteiger partial charge in [0.05, 0.1) is 30.0 Å². The van der Waals surface area contributed by atoms with Crippen molar-refractivity contribution in [2.75, 3.05) is 105 Å². The monoisotopic (exact) mass is 954 g/mol. The number of carbonyl (C=O) groups is 6. The normalized spacial score (nSPS) is 12.1. The first-order chi connectivity index (χ1) is 30.3. The molecule has 4 amide bonds. The van der Waals surface area contributed by atoms with Crippen molar-refractivity contribution in [2.24, 2.45) is 0 Å². The second-order valence-electron chi connectivity index (χ2n) is 14.5. The summed E-state index contributed by atoms with van der Waals surface area (Å²) in [7, 11) is 3.08. The average molecular weight is 954 g/mol. The van der Waals surface area contributed by atoms with E-state index in [0.29, 0.717) is 68.1 Å². The number of hydrogen-bond acceptors (Lipinski definition) is 14. The summed E-state index contributed by atoms with van der Waals surface area (Å²) < 4.78 is 51.5. The molecule has 67 heavy (non-hydrogen) atoms. The minimum absolute atomic E-state index is 0. The molecule has 0 spiro atoms. The Hall–Kier alpha value is -5.21. The summed E-state index contributed by atoms with van der Waals surface area (Å²) in [6.07, 6.45) is 1.61.